The van der Waals surface area contributed by atoms with Gasteiger partial charge in [0.2, 0.25) is 0 Å². The highest BCUT2D eigenvalue weighted by molar-refractivity contribution is 8.00. The monoisotopic (exact) mass is 361 g/mol. The summed E-state index contributed by atoms with van der Waals surface area (Å²) < 4.78 is 7.48. The summed E-state index contributed by atoms with van der Waals surface area (Å²) in [6.45, 7) is 3.14. The van der Waals surface area contributed by atoms with E-state index in [1.165, 1.54) is 22.2 Å². The zero-order valence-corrected chi connectivity index (χ0v) is 15.2. The molecular weight excluding hydrogens is 342 g/mol. The summed E-state index contributed by atoms with van der Waals surface area (Å²) in [5, 5.41) is 10.4. The van der Waals surface area contributed by atoms with Gasteiger partial charge in [-0.3, -0.25) is 9.36 Å². The van der Waals surface area contributed by atoms with Gasteiger partial charge in [0.25, 0.3) is 5.56 Å². The molecule has 5 nitrogen and oxygen atoms in total. The molecule has 3 heterocycles. The number of fused-ring (bicyclic) bond motifs is 3. The third-order valence-corrected chi connectivity index (χ3v) is 6.83. The maximum Gasteiger partial charge on any atom is 0.263 e. The third kappa shape index (κ3) is 2.77. The summed E-state index contributed by atoms with van der Waals surface area (Å²) >= 11 is 3.01. The van der Waals surface area contributed by atoms with Gasteiger partial charge in [-0.1, -0.05) is 11.8 Å². The van der Waals surface area contributed by atoms with Crippen molar-refractivity contribution in [1.82, 2.24) is 9.55 Å². The molecule has 2 atom stereocenters. The lowest BCUT2D eigenvalue weighted by atomic mass is 10.2. The fraction of sp³-hybridized carbons (Fsp3) is 0.588. The van der Waals surface area contributed by atoms with Gasteiger partial charge in [0, 0.05) is 11.5 Å². The molecule has 1 saturated heterocycles. The molecule has 1 aliphatic carbocycles. The second-order valence-electron chi connectivity index (χ2n) is 6.37. The molecule has 126 valence electrons. The van der Waals surface area contributed by atoms with E-state index < -0.39 is 0 Å². The average molecular weight is 361 g/mol. The lowest BCUT2D eigenvalue weighted by Gasteiger charge is -2.16. The largest absolute Gasteiger partial charge is 0.376 e. The van der Waals surface area contributed by atoms with E-state index in [-0.39, 0.29) is 16.9 Å². The first-order valence-electron chi connectivity index (χ1n) is 8.40. The summed E-state index contributed by atoms with van der Waals surface area (Å²) in [5.74, 6) is 0. The van der Waals surface area contributed by atoms with Crippen molar-refractivity contribution >= 4 is 33.3 Å². The smallest absolute Gasteiger partial charge is 0.263 e. The Hall–Kier alpha value is -1.36. The van der Waals surface area contributed by atoms with Crippen LogP contribution in [-0.2, 0) is 24.1 Å². The average Bonchev–Trinajstić information content (AvgIpc) is 3.27. The molecule has 7 heteroatoms. The Morgan fingerprint density at radius 3 is 3.12 bits per heavy atom. The van der Waals surface area contributed by atoms with Crippen LogP contribution in [-0.4, -0.2) is 27.5 Å². The van der Waals surface area contributed by atoms with Crippen molar-refractivity contribution in [1.29, 1.82) is 5.26 Å². The molecule has 2 aromatic heterocycles. The summed E-state index contributed by atoms with van der Waals surface area (Å²) in [7, 11) is 0. The zero-order chi connectivity index (χ0) is 16.7. The molecule has 2 aliphatic rings. The number of ether oxygens (including phenoxy) is 1. The van der Waals surface area contributed by atoms with Crippen LogP contribution in [0.4, 0.5) is 0 Å². The van der Waals surface area contributed by atoms with E-state index in [0.717, 1.165) is 48.9 Å². The van der Waals surface area contributed by atoms with Crippen molar-refractivity contribution in [3.05, 3.63) is 20.8 Å². The van der Waals surface area contributed by atoms with Crippen LogP contribution in [0.2, 0.25) is 0 Å². The molecule has 0 N–H and O–H groups in total. The predicted octanol–water partition coefficient (Wildman–Crippen LogP) is 3.13. The minimum atomic E-state index is -0.239. The first kappa shape index (κ1) is 16.1. The van der Waals surface area contributed by atoms with E-state index in [0.29, 0.717) is 11.7 Å². The molecule has 24 heavy (non-hydrogen) atoms. The molecule has 4 rings (SSSR count). The number of aromatic nitrogens is 2. The fourth-order valence-electron chi connectivity index (χ4n) is 3.49. The summed E-state index contributed by atoms with van der Waals surface area (Å²) in [5.41, 5.74) is 1.25. The molecule has 0 spiro atoms. The van der Waals surface area contributed by atoms with Crippen molar-refractivity contribution in [3.8, 4) is 6.07 Å². The van der Waals surface area contributed by atoms with Gasteiger partial charge in [-0.05, 0) is 44.6 Å². The minimum Gasteiger partial charge on any atom is -0.376 e. The van der Waals surface area contributed by atoms with E-state index >= 15 is 0 Å². The Morgan fingerprint density at radius 2 is 2.38 bits per heavy atom. The fourth-order valence-corrected chi connectivity index (χ4v) is 5.59. The van der Waals surface area contributed by atoms with Crippen LogP contribution in [0.5, 0.6) is 0 Å². The van der Waals surface area contributed by atoms with Crippen molar-refractivity contribution in [2.45, 2.75) is 62.1 Å². The van der Waals surface area contributed by atoms with Crippen LogP contribution < -0.4 is 5.56 Å². The van der Waals surface area contributed by atoms with Gasteiger partial charge in [0.1, 0.15) is 4.83 Å². The maximum atomic E-state index is 13.2. The highest BCUT2D eigenvalue weighted by atomic mass is 32.2. The van der Waals surface area contributed by atoms with E-state index in [9.17, 15) is 4.79 Å². The molecule has 1 aliphatic heterocycles. The highest BCUT2D eigenvalue weighted by Crippen LogP contribution is 2.36. The van der Waals surface area contributed by atoms with Gasteiger partial charge in [0.15, 0.2) is 5.16 Å². The lowest BCUT2D eigenvalue weighted by molar-refractivity contribution is 0.0937. The van der Waals surface area contributed by atoms with E-state index in [1.54, 1.807) is 15.9 Å². The second-order valence-corrected chi connectivity index (χ2v) is 8.76. The van der Waals surface area contributed by atoms with Crippen molar-refractivity contribution in [2.24, 2.45) is 0 Å². The number of thioether (sulfide) groups is 1. The summed E-state index contributed by atoms with van der Waals surface area (Å²) in [6, 6.07) is 2.22. The number of hydrogen-bond donors (Lipinski definition) is 0. The maximum absolute atomic E-state index is 13.2. The number of hydrogen-bond acceptors (Lipinski definition) is 6. The molecular formula is C17H19N3O2S2. The van der Waals surface area contributed by atoms with E-state index in [1.807, 2.05) is 6.92 Å². The van der Waals surface area contributed by atoms with E-state index in [2.05, 4.69) is 6.07 Å². The molecule has 0 aromatic carbocycles. The van der Waals surface area contributed by atoms with Gasteiger partial charge in [-0.25, -0.2) is 4.98 Å². The standard InChI is InChI=1S/C17H19N3O2S2/c1-10(8-18)23-17-19-15-14(12-5-2-6-13(12)24-15)16(21)20(17)9-11-4-3-7-22-11/h10-11H,2-7,9H2,1H3/t10-,11+/m0/s1. The SMILES string of the molecule is C[C@@H](C#N)Sc1nc2sc3c(c2c(=O)n1C[C@H]1CCCO1)CCC3. The van der Waals surface area contributed by atoms with Crippen molar-refractivity contribution in [3.63, 3.8) is 0 Å². The Kier molecular flexibility index (Phi) is 4.37. The van der Waals surface area contributed by atoms with Crippen molar-refractivity contribution < 1.29 is 4.74 Å². The Labute approximate surface area is 148 Å². The number of thiophene rings is 1. The number of nitriles is 1. The molecule has 0 amide bonds. The van der Waals surface area contributed by atoms with Crippen LogP contribution in [0.25, 0.3) is 10.2 Å². The quantitative estimate of drug-likeness (QED) is 0.618. The Bertz CT molecular complexity index is 875. The first-order valence-corrected chi connectivity index (χ1v) is 10.1. The van der Waals surface area contributed by atoms with Gasteiger partial charge < -0.3 is 4.74 Å². The van der Waals surface area contributed by atoms with Gasteiger partial charge in [-0.15, -0.1) is 11.3 Å². The van der Waals surface area contributed by atoms with Crippen LogP contribution in [0.1, 0.15) is 36.6 Å². The van der Waals surface area contributed by atoms with Crippen LogP contribution in [0.15, 0.2) is 9.95 Å². The Morgan fingerprint density at radius 1 is 1.50 bits per heavy atom. The lowest BCUT2D eigenvalue weighted by Crippen LogP contribution is -2.29. The van der Waals surface area contributed by atoms with Crippen LogP contribution in [0, 0.1) is 11.3 Å². The predicted molar refractivity (Wildman–Crippen MR) is 95.8 cm³/mol. The topological polar surface area (TPSA) is 67.9 Å². The van der Waals surface area contributed by atoms with Gasteiger partial charge in [0.05, 0.1) is 29.4 Å². The molecule has 1 fully saturated rings. The minimum absolute atomic E-state index is 0.0440. The summed E-state index contributed by atoms with van der Waals surface area (Å²) in [6.07, 6.45) is 5.26. The first-order chi connectivity index (χ1) is 11.7. The molecule has 0 radical (unpaired) electrons. The van der Waals surface area contributed by atoms with Gasteiger partial charge >= 0.3 is 0 Å². The Balaban J connectivity index is 1.84. The number of aryl methyl sites for hydroxylation is 2. The summed E-state index contributed by atoms with van der Waals surface area (Å²) in [4.78, 5) is 20.1. The van der Waals surface area contributed by atoms with Crippen molar-refractivity contribution in [2.75, 3.05) is 6.61 Å². The zero-order valence-electron chi connectivity index (χ0n) is 13.6. The third-order valence-electron chi connectivity index (χ3n) is 4.66. The second kappa shape index (κ2) is 6.51. The van der Waals surface area contributed by atoms with Crippen LogP contribution in [0.3, 0.4) is 0 Å². The number of nitrogens with zero attached hydrogens (tertiary/aromatic N) is 3. The normalized spacial score (nSPS) is 21.1. The molecule has 0 bridgehead atoms. The molecule has 0 saturated carbocycles. The van der Waals surface area contributed by atoms with Gasteiger partial charge in [-0.2, -0.15) is 5.26 Å². The number of rotatable bonds is 4. The highest BCUT2D eigenvalue weighted by Gasteiger charge is 2.26. The molecule has 0 unspecified atom stereocenters. The van der Waals surface area contributed by atoms with Crippen LogP contribution >= 0.6 is 23.1 Å². The molecule has 2 aromatic rings. The van der Waals surface area contributed by atoms with E-state index in [4.69, 9.17) is 15.0 Å².